The zero-order chi connectivity index (χ0) is 10.7. The molecule has 2 nitrogen and oxygen atoms in total. The smallest absolute Gasteiger partial charge is 0.126 e. The van der Waals surface area contributed by atoms with Gasteiger partial charge >= 0.3 is 0 Å². The molecule has 2 aromatic heterocycles. The number of nitrogens with zero attached hydrogens (tertiary/aromatic N) is 1. The number of aromatic nitrogens is 1. The monoisotopic (exact) mass is 218 g/mol. The van der Waals surface area contributed by atoms with E-state index in [1.165, 1.54) is 15.3 Å². The Hall–Kier alpha value is -1.35. The Morgan fingerprint density at radius 3 is 2.67 bits per heavy atom. The first kappa shape index (κ1) is 10.2. The molecule has 0 aliphatic heterocycles. The number of rotatable bonds is 3. The minimum absolute atomic E-state index is 0.856. The van der Waals surface area contributed by atoms with Gasteiger partial charge in [0.25, 0.3) is 0 Å². The number of aryl methyl sites for hydroxylation is 2. The standard InChI is InChI=1S/C12H14N2S/c1-9-3-6-12(13-7-9)14-8-11-5-4-10(2)15-11/h3-7H,8H2,1-2H3,(H,13,14). The largest absolute Gasteiger partial charge is 0.365 e. The highest BCUT2D eigenvalue weighted by atomic mass is 32.1. The molecule has 2 rings (SSSR count). The van der Waals surface area contributed by atoms with Crippen LogP contribution in [0.3, 0.4) is 0 Å². The van der Waals surface area contributed by atoms with Crippen molar-refractivity contribution in [2.45, 2.75) is 20.4 Å². The Morgan fingerprint density at radius 1 is 1.20 bits per heavy atom. The Bertz CT molecular complexity index is 431. The SMILES string of the molecule is Cc1ccc(NCc2ccc(C)s2)nc1. The van der Waals surface area contributed by atoms with Crippen molar-refractivity contribution in [3.05, 3.63) is 45.8 Å². The average molecular weight is 218 g/mol. The summed E-state index contributed by atoms with van der Waals surface area (Å²) in [5, 5.41) is 3.30. The maximum atomic E-state index is 4.29. The molecule has 2 aromatic rings. The summed E-state index contributed by atoms with van der Waals surface area (Å²) in [4.78, 5) is 6.99. The predicted molar refractivity (Wildman–Crippen MR) is 65.4 cm³/mol. The van der Waals surface area contributed by atoms with Gasteiger partial charge in [0.05, 0.1) is 6.54 Å². The third-order valence-corrected chi connectivity index (χ3v) is 3.15. The number of thiophene rings is 1. The maximum Gasteiger partial charge on any atom is 0.126 e. The minimum Gasteiger partial charge on any atom is -0.365 e. The van der Waals surface area contributed by atoms with Crippen LogP contribution in [0.1, 0.15) is 15.3 Å². The molecule has 0 spiro atoms. The lowest BCUT2D eigenvalue weighted by molar-refractivity contribution is 1.13. The molecule has 0 bridgehead atoms. The molecule has 0 aliphatic rings. The first-order chi connectivity index (χ1) is 7.24. The lowest BCUT2D eigenvalue weighted by atomic mass is 10.3. The van der Waals surface area contributed by atoms with Crippen molar-refractivity contribution < 1.29 is 0 Å². The molecule has 15 heavy (non-hydrogen) atoms. The van der Waals surface area contributed by atoms with Crippen LogP contribution in [0.15, 0.2) is 30.5 Å². The summed E-state index contributed by atoms with van der Waals surface area (Å²) in [6.45, 7) is 5.02. The molecule has 0 atom stereocenters. The first-order valence-electron chi connectivity index (χ1n) is 4.96. The number of hydrogen-bond donors (Lipinski definition) is 1. The minimum atomic E-state index is 0.856. The van der Waals surface area contributed by atoms with E-state index in [0.29, 0.717) is 0 Å². The van der Waals surface area contributed by atoms with Crippen molar-refractivity contribution in [3.8, 4) is 0 Å². The van der Waals surface area contributed by atoms with Crippen molar-refractivity contribution in [1.29, 1.82) is 0 Å². The van der Waals surface area contributed by atoms with Gasteiger partial charge in [-0.2, -0.15) is 0 Å². The van der Waals surface area contributed by atoms with Crippen LogP contribution < -0.4 is 5.32 Å². The molecular formula is C12H14N2S. The lowest BCUT2D eigenvalue weighted by Gasteiger charge is -2.03. The predicted octanol–water partition coefficient (Wildman–Crippen LogP) is 3.37. The average Bonchev–Trinajstić information content (AvgIpc) is 2.64. The number of anilines is 1. The molecule has 1 N–H and O–H groups in total. The van der Waals surface area contributed by atoms with Gasteiger partial charge in [0, 0.05) is 16.0 Å². The quantitative estimate of drug-likeness (QED) is 0.854. The van der Waals surface area contributed by atoms with Crippen LogP contribution in [0.4, 0.5) is 5.82 Å². The van der Waals surface area contributed by atoms with Crippen molar-refractivity contribution in [2.75, 3.05) is 5.32 Å². The van der Waals surface area contributed by atoms with Crippen molar-refractivity contribution in [2.24, 2.45) is 0 Å². The molecule has 0 aromatic carbocycles. The molecule has 2 heterocycles. The van der Waals surface area contributed by atoms with Gasteiger partial charge in [-0.25, -0.2) is 4.98 Å². The highest BCUT2D eigenvalue weighted by molar-refractivity contribution is 7.11. The van der Waals surface area contributed by atoms with Gasteiger partial charge in [-0.1, -0.05) is 6.07 Å². The molecule has 0 saturated carbocycles. The van der Waals surface area contributed by atoms with Crippen LogP contribution in [-0.2, 0) is 6.54 Å². The maximum absolute atomic E-state index is 4.29. The van der Waals surface area contributed by atoms with E-state index in [-0.39, 0.29) is 0 Å². The van der Waals surface area contributed by atoms with Crippen LogP contribution in [0.25, 0.3) is 0 Å². The molecule has 0 amide bonds. The van der Waals surface area contributed by atoms with E-state index >= 15 is 0 Å². The van der Waals surface area contributed by atoms with Gasteiger partial charge in [-0.15, -0.1) is 11.3 Å². The first-order valence-corrected chi connectivity index (χ1v) is 5.77. The second kappa shape index (κ2) is 4.45. The summed E-state index contributed by atoms with van der Waals surface area (Å²) in [5.41, 5.74) is 1.19. The molecule has 78 valence electrons. The van der Waals surface area contributed by atoms with Gasteiger partial charge in [0.15, 0.2) is 0 Å². The summed E-state index contributed by atoms with van der Waals surface area (Å²) in [6.07, 6.45) is 1.88. The summed E-state index contributed by atoms with van der Waals surface area (Å²) in [5.74, 6) is 0.937. The Balaban J connectivity index is 1.96. The highest BCUT2D eigenvalue weighted by Gasteiger charge is 1.97. The van der Waals surface area contributed by atoms with Crippen LogP contribution in [0.2, 0.25) is 0 Å². The number of nitrogens with one attached hydrogen (secondary N) is 1. The highest BCUT2D eigenvalue weighted by Crippen LogP contribution is 2.16. The van der Waals surface area contributed by atoms with Crippen molar-refractivity contribution in [1.82, 2.24) is 4.98 Å². The van der Waals surface area contributed by atoms with Gasteiger partial charge in [0.1, 0.15) is 5.82 Å². The third-order valence-electron chi connectivity index (χ3n) is 2.15. The topological polar surface area (TPSA) is 24.9 Å². The lowest BCUT2D eigenvalue weighted by Crippen LogP contribution is -1.99. The zero-order valence-electron chi connectivity index (χ0n) is 8.95. The molecule has 0 saturated heterocycles. The Kier molecular flexibility index (Phi) is 3.02. The van der Waals surface area contributed by atoms with Crippen molar-refractivity contribution >= 4 is 17.2 Å². The summed E-state index contributed by atoms with van der Waals surface area (Å²) >= 11 is 1.82. The van der Waals surface area contributed by atoms with Gasteiger partial charge < -0.3 is 5.32 Å². The fourth-order valence-corrected chi connectivity index (χ4v) is 2.16. The Labute approximate surface area is 94.0 Å². The fraction of sp³-hybridized carbons (Fsp3) is 0.250. The van der Waals surface area contributed by atoms with E-state index in [9.17, 15) is 0 Å². The van der Waals surface area contributed by atoms with Crippen LogP contribution >= 0.6 is 11.3 Å². The van der Waals surface area contributed by atoms with E-state index in [0.717, 1.165) is 12.4 Å². The third kappa shape index (κ3) is 2.80. The van der Waals surface area contributed by atoms with Gasteiger partial charge in [-0.05, 0) is 37.6 Å². The van der Waals surface area contributed by atoms with E-state index in [1.807, 2.05) is 30.5 Å². The van der Waals surface area contributed by atoms with Crippen LogP contribution in [-0.4, -0.2) is 4.98 Å². The molecule has 0 aliphatic carbocycles. The van der Waals surface area contributed by atoms with Gasteiger partial charge in [-0.3, -0.25) is 0 Å². The summed E-state index contributed by atoms with van der Waals surface area (Å²) in [7, 11) is 0. The van der Waals surface area contributed by atoms with Crippen LogP contribution in [0, 0.1) is 13.8 Å². The summed E-state index contributed by atoms with van der Waals surface area (Å²) in [6, 6.07) is 8.37. The second-order valence-electron chi connectivity index (χ2n) is 3.59. The zero-order valence-corrected chi connectivity index (χ0v) is 9.77. The molecular weight excluding hydrogens is 204 g/mol. The van der Waals surface area contributed by atoms with E-state index in [4.69, 9.17) is 0 Å². The summed E-state index contributed by atoms with van der Waals surface area (Å²) < 4.78 is 0. The number of pyridine rings is 1. The van der Waals surface area contributed by atoms with Gasteiger partial charge in [0.2, 0.25) is 0 Å². The van der Waals surface area contributed by atoms with E-state index < -0.39 is 0 Å². The molecule has 0 fully saturated rings. The molecule has 3 heteroatoms. The van der Waals surface area contributed by atoms with E-state index in [1.54, 1.807) is 0 Å². The molecule has 0 radical (unpaired) electrons. The molecule has 0 unspecified atom stereocenters. The number of hydrogen-bond acceptors (Lipinski definition) is 3. The Morgan fingerprint density at radius 2 is 2.07 bits per heavy atom. The van der Waals surface area contributed by atoms with E-state index in [2.05, 4.69) is 35.4 Å². The van der Waals surface area contributed by atoms with Crippen LogP contribution in [0.5, 0.6) is 0 Å². The second-order valence-corrected chi connectivity index (χ2v) is 4.96. The fourth-order valence-electron chi connectivity index (χ4n) is 1.33. The normalized spacial score (nSPS) is 10.3. The van der Waals surface area contributed by atoms with Crippen molar-refractivity contribution in [3.63, 3.8) is 0 Å².